The standard InChI is InChI=1S/C17H11ClFN3O2/c18-11-5-7-12(8-6-11)22-10-9-15(23)16(21-22)17(24)20-14-4-2-1-3-13(14)19/h1-10H,(H,20,24). The van der Waals surface area contributed by atoms with E-state index in [2.05, 4.69) is 10.4 Å². The Morgan fingerprint density at radius 3 is 2.50 bits per heavy atom. The molecule has 3 rings (SSSR count). The fourth-order valence-corrected chi connectivity index (χ4v) is 2.17. The van der Waals surface area contributed by atoms with Crippen LogP contribution >= 0.6 is 11.6 Å². The maximum atomic E-state index is 13.6. The molecule has 24 heavy (non-hydrogen) atoms. The third kappa shape index (κ3) is 3.33. The quantitative estimate of drug-likeness (QED) is 0.793. The van der Waals surface area contributed by atoms with Crippen LogP contribution in [0.15, 0.2) is 65.6 Å². The first-order valence-corrected chi connectivity index (χ1v) is 7.34. The van der Waals surface area contributed by atoms with Gasteiger partial charge < -0.3 is 5.32 Å². The van der Waals surface area contributed by atoms with Crippen molar-refractivity contribution in [1.29, 1.82) is 0 Å². The molecule has 0 fully saturated rings. The summed E-state index contributed by atoms with van der Waals surface area (Å²) in [5, 5.41) is 6.92. The number of rotatable bonds is 3. The molecule has 0 bridgehead atoms. The summed E-state index contributed by atoms with van der Waals surface area (Å²) in [5.74, 6) is -1.38. The second-order valence-corrected chi connectivity index (χ2v) is 5.32. The van der Waals surface area contributed by atoms with E-state index in [4.69, 9.17) is 11.6 Å². The number of benzene rings is 2. The van der Waals surface area contributed by atoms with Crippen molar-refractivity contribution in [2.45, 2.75) is 0 Å². The first kappa shape index (κ1) is 15.9. The maximum absolute atomic E-state index is 13.6. The second-order valence-electron chi connectivity index (χ2n) is 4.88. The van der Waals surface area contributed by atoms with Gasteiger partial charge in [-0.05, 0) is 36.4 Å². The van der Waals surface area contributed by atoms with E-state index in [1.165, 1.54) is 35.1 Å². The Morgan fingerprint density at radius 1 is 1.08 bits per heavy atom. The molecule has 0 atom stereocenters. The first-order valence-electron chi connectivity index (χ1n) is 6.96. The molecule has 5 nitrogen and oxygen atoms in total. The van der Waals surface area contributed by atoms with E-state index < -0.39 is 17.2 Å². The van der Waals surface area contributed by atoms with Gasteiger partial charge in [0, 0.05) is 17.3 Å². The largest absolute Gasteiger partial charge is 0.318 e. The van der Waals surface area contributed by atoms with Crippen LogP contribution in [0.2, 0.25) is 5.02 Å². The number of nitrogens with one attached hydrogen (secondary N) is 1. The van der Waals surface area contributed by atoms with Gasteiger partial charge in [-0.3, -0.25) is 9.59 Å². The average molecular weight is 344 g/mol. The van der Waals surface area contributed by atoms with Crippen molar-refractivity contribution in [3.8, 4) is 5.69 Å². The van der Waals surface area contributed by atoms with E-state index in [0.29, 0.717) is 10.7 Å². The summed E-state index contributed by atoms with van der Waals surface area (Å²) in [6, 6.07) is 13.6. The van der Waals surface area contributed by atoms with Gasteiger partial charge in [0.25, 0.3) is 5.91 Å². The molecular formula is C17H11ClFN3O2. The Hall–Kier alpha value is -2.99. The lowest BCUT2D eigenvalue weighted by atomic mass is 10.3. The maximum Gasteiger partial charge on any atom is 0.280 e. The van der Waals surface area contributed by atoms with Crippen LogP contribution in [0.25, 0.3) is 5.69 Å². The number of carbonyl (C=O) groups excluding carboxylic acids is 1. The highest BCUT2D eigenvalue weighted by molar-refractivity contribution is 6.30. The number of nitrogens with zero attached hydrogens (tertiary/aromatic N) is 2. The van der Waals surface area contributed by atoms with Crippen molar-refractivity contribution in [3.05, 3.63) is 87.6 Å². The minimum atomic E-state index is -0.784. The Bertz CT molecular complexity index is 955. The van der Waals surface area contributed by atoms with Gasteiger partial charge in [-0.1, -0.05) is 23.7 Å². The van der Waals surface area contributed by atoms with Crippen molar-refractivity contribution >= 4 is 23.2 Å². The summed E-state index contributed by atoms with van der Waals surface area (Å²) in [7, 11) is 0. The van der Waals surface area contributed by atoms with Gasteiger partial charge in [-0.2, -0.15) is 5.10 Å². The molecule has 1 heterocycles. The number of hydrogen-bond donors (Lipinski definition) is 1. The number of amides is 1. The van der Waals surface area contributed by atoms with Crippen LogP contribution < -0.4 is 10.7 Å². The minimum Gasteiger partial charge on any atom is -0.318 e. The van der Waals surface area contributed by atoms with Crippen LogP contribution in [0.4, 0.5) is 10.1 Å². The summed E-state index contributed by atoms with van der Waals surface area (Å²) in [6.45, 7) is 0. The highest BCUT2D eigenvalue weighted by Crippen LogP contribution is 2.14. The van der Waals surface area contributed by atoms with E-state index in [-0.39, 0.29) is 11.4 Å². The number of para-hydroxylation sites is 1. The smallest absolute Gasteiger partial charge is 0.280 e. The fraction of sp³-hybridized carbons (Fsp3) is 0. The molecule has 2 aromatic carbocycles. The molecule has 0 spiro atoms. The lowest BCUT2D eigenvalue weighted by Gasteiger charge is -2.08. The molecule has 0 radical (unpaired) electrons. The molecule has 7 heteroatoms. The highest BCUT2D eigenvalue weighted by atomic mass is 35.5. The van der Waals surface area contributed by atoms with E-state index in [1.807, 2.05) is 0 Å². The molecule has 0 aliphatic heterocycles. The summed E-state index contributed by atoms with van der Waals surface area (Å²) >= 11 is 5.83. The van der Waals surface area contributed by atoms with Gasteiger partial charge in [-0.15, -0.1) is 0 Å². The molecule has 1 aromatic heterocycles. The van der Waals surface area contributed by atoms with Crippen LogP contribution in [0, 0.1) is 5.82 Å². The Labute approximate surface area is 141 Å². The van der Waals surface area contributed by atoms with Gasteiger partial charge in [0.15, 0.2) is 5.69 Å². The molecule has 120 valence electrons. The number of halogens is 2. The highest BCUT2D eigenvalue weighted by Gasteiger charge is 2.15. The zero-order valence-corrected chi connectivity index (χ0v) is 13.0. The average Bonchev–Trinajstić information content (AvgIpc) is 2.58. The molecule has 3 aromatic rings. The van der Waals surface area contributed by atoms with Crippen molar-refractivity contribution in [2.75, 3.05) is 5.32 Å². The fourth-order valence-electron chi connectivity index (χ4n) is 2.05. The van der Waals surface area contributed by atoms with Crippen LogP contribution in [-0.4, -0.2) is 15.7 Å². The van der Waals surface area contributed by atoms with Crippen LogP contribution in [0.5, 0.6) is 0 Å². The molecule has 1 amide bonds. The third-order valence-corrected chi connectivity index (χ3v) is 3.49. The number of anilines is 1. The van der Waals surface area contributed by atoms with E-state index in [0.717, 1.165) is 0 Å². The number of aromatic nitrogens is 2. The predicted octanol–water partition coefficient (Wildman–Crippen LogP) is 3.28. The summed E-state index contributed by atoms with van der Waals surface area (Å²) in [6.07, 6.45) is 1.44. The molecule has 0 unspecified atom stereocenters. The molecular weight excluding hydrogens is 333 g/mol. The Kier molecular flexibility index (Phi) is 4.39. The Balaban J connectivity index is 1.94. The minimum absolute atomic E-state index is 0.0226. The van der Waals surface area contributed by atoms with Crippen LogP contribution in [0.1, 0.15) is 10.5 Å². The normalized spacial score (nSPS) is 10.4. The zero-order valence-electron chi connectivity index (χ0n) is 12.2. The van der Waals surface area contributed by atoms with Gasteiger partial charge in [0.05, 0.1) is 11.4 Å². The summed E-state index contributed by atoms with van der Waals surface area (Å²) in [4.78, 5) is 24.2. The van der Waals surface area contributed by atoms with Crippen molar-refractivity contribution in [2.24, 2.45) is 0 Å². The van der Waals surface area contributed by atoms with Gasteiger partial charge in [0.1, 0.15) is 5.82 Å². The van der Waals surface area contributed by atoms with Crippen LogP contribution in [0.3, 0.4) is 0 Å². The van der Waals surface area contributed by atoms with Crippen molar-refractivity contribution < 1.29 is 9.18 Å². The third-order valence-electron chi connectivity index (χ3n) is 3.24. The van der Waals surface area contributed by atoms with E-state index in [1.54, 1.807) is 30.3 Å². The van der Waals surface area contributed by atoms with Crippen molar-refractivity contribution in [3.63, 3.8) is 0 Å². The molecule has 0 aliphatic rings. The molecule has 0 saturated carbocycles. The van der Waals surface area contributed by atoms with Gasteiger partial charge in [-0.25, -0.2) is 9.07 Å². The predicted molar refractivity (Wildman–Crippen MR) is 89.2 cm³/mol. The van der Waals surface area contributed by atoms with E-state index in [9.17, 15) is 14.0 Å². The van der Waals surface area contributed by atoms with Gasteiger partial charge in [0.2, 0.25) is 5.43 Å². The number of carbonyl (C=O) groups is 1. The van der Waals surface area contributed by atoms with Crippen LogP contribution in [-0.2, 0) is 0 Å². The first-order chi connectivity index (χ1) is 11.5. The molecule has 0 aliphatic carbocycles. The lowest BCUT2D eigenvalue weighted by Crippen LogP contribution is -2.25. The number of hydrogen-bond acceptors (Lipinski definition) is 3. The van der Waals surface area contributed by atoms with Crippen molar-refractivity contribution in [1.82, 2.24) is 9.78 Å². The van der Waals surface area contributed by atoms with Gasteiger partial charge >= 0.3 is 0 Å². The summed E-state index contributed by atoms with van der Waals surface area (Å²) in [5.41, 5.74) is -0.297. The lowest BCUT2D eigenvalue weighted by molar-refractivity contribution is 0.101. The summed E-state index contributed by atoms with van der Waals surface area (Å²) < 4.78 is 15.0. The molecule has 1 N–H and O–H groups in total. The molecule has 0 saturated heterocycles. The Morgan fingerprint density at radius 2 is 1.79 bits per heavy atom. The SMILES string of the molecule is O=C(Nc1ccccc1F)c1nn(-c2ccc(Cl)cc2)ccc1=O. The second kappa shape index (κ2) is 6.64. The zero-order chi connectivity index (χ0) is 17.1. The monoisotopic (exact) mass is 343 g/mol. The topological polar surface area (TPSA) is 64.0 Å². The van der Waals surface area contributed by atoms with E-state index >= 15 is 0 Å².